The van der Waals surface area contributed by atoms with Crippen molar-refractivity contribution in [1.82, 2.24) is 0 Å². The SMILES string of the molecule is CCC[N+]1(C)C(C)C(C)C(C)C1C.CCC[N+]1(C)C(C)CC(C)C1C.CCC[N+]1(C)C(C)CCC1C.CCC[N+]1(C)CC(C)C(C)C1.CCC[N+]1(C)CC(C)C(C)C1C.CCC[N+]1(C)CC(C)CC1C.CCC[N+]1(C)CCC(C)C1.CCC[N+]1(C)CCC(C)C1C.CCC[N+]1(C)CCCC1C. The molecule has 26 unspecified atom stereocenters. The van der Waals surface area contributed by atoms with E-state index < -0.39 is 0 Å². The van der Waals surface area contributed by atoms with Gasteiger partial charge in [-0.1, -0.05) is 132 Å². The Labute approximate surface area is 641 Å². The van der Waals surface area contributed by atoms with Crippen LogP contribution < -0.4 is 0 Å². The van der Waals surface area contributed by atoms with E-state index in [1.807, 2.05) is 0 Å². The first-order chi connectivity index (χ1) is 46.7. The Balaban J connectivity index is 0.000000569. The number of hydrogen-bond donors (Lipinski definition) is 0. The van der Waals surface area contributed by atoms with Gasteiger partial charge in [0.2, 0.25) is 0 Å². The summed E-state index contributed by atoms with van der Waals surface area (Å²) in [5, 5.41) is 0. The van der Waals surface area contributed by atoms with Crippen LogP contribution in [0.25, 0.3) is 0 Å². The minimum atomic E-state index is 0.838. The molecule has 9 rings (SSSR count). The van der Waals surface area contributed by atoms with Crippen LogP contribution in [0.4, 0.5) is 0 Å². The highest BCUT2D eigenvalue weighted by Gasteiger charge is 2.51. The minimum Gasteiger partial charge on any atom is -0.326 e. The summed E-state index contributed by atoms with van der Waals surface area (Å²) in [5.74, 6) is 9.22. The summed E-state index contributed by atoms with van der Waals surface area (Å²) in [7, 11) is 21.8. The number of rotatable bonds is 18. The summed E-state index contributed by atoms with van der Waals surface area (Å²) in [6.07, 6.45) is 23.4. The maximum atomic E-state index is 2.44. The van der Waals surface area contributed by atoms with Gasteiger partial charge in [0, 0.05) is 111 Å². The molecule has 0 aliphatic carbocycles. The summed E-state index contributed by atoms with van der Waals surface area (Å²) in [6.45, 7) is 92.2. The molecule has 0 bridgehead atoms. The van der Waals surface area contributed by atoms with Gasteiger partial charge in [0.15, 0.2) is 0 Å². The Morgan fingerprint density at radius 3 is 1.01 bits per heavy atom. The lowest BCUT2D eigenvalue weighted by atomic mass is 9.92. The maximum absolute atomic E-state index is 2.44. The molecule has 0 amide bonds. The highest BCUT2D eigenvalue weighted by molar-refractivity contribution is 4.83. The van der Waals surface area contributed by atoms with Gasteiger partial charge in [0.05, 0.1) is 235 Å². The van der Waals surface area contributed by atoms with Crippen molar-refractivity contribution in [3.8, 4) is 0 Å². The van der Waals surface area contributed by atoms with Crippen molar-refractivity contribution in [1.29, 1.82) is 0 Å². The fraction of sp³-hybridized carbons (Fsp3) is 1.00. The van der Waals surface area contributed by atoms with Crippen LogP contribution in [-0.2, 0) is 0 Å². The van der Waals surface area contributed by atoms with Gasteiger partial charge >= 0.3 is 0 Å². The van der Waals surface area contributed by atoms with E-state index >= 15 is 0 Å². The van der Waals surface area contributed by atoms with Crippen molar-refractivity contribution < 1.29 is 40.3 Å². The average molecular weight is 1430 g/mol. The number of hydrogen-bond acceptors (Lipinski definition) is 0. The molecule has 0 aromatic heterocycles. The van der Waals surface area contributed by atoms with Crippen LogP contribution in [0.5, 0.6) is 0 Å². The molecule has 9 aliphatic rings. The fourth-order valence-electron chi connectivity index (χ4n) is 23.2. The van der Waals surface area contributed by atoms with Crippen molar-refractivity contribution in [2.45, 2.75) is 370 Å². The number of likely N-dealkylation sites (tertiary alicyclic amines) is 9. The predicted molar refractivity (Wildman–Crippen MR) is 454 cm³/mol. The monoisotopic (exact) mass is 1430 g/mol. The highest BCUT2D eigenvalue weighted by Crippen LogP contribution is 2.41. The summed E-state index contributed by atoms with van der Waals surface area (Å²) in [4.78, 5) is 0. The molecule has 0 aromatic carbocycles. The van der Waals surface area contributed by atoms with E-state index in [1.165, 1.54) is 261 Å². The van der Waals surface area contributed by atoms with Crippen molar-refractivity contribution in [2.24, 2.45) is 59.2 Å². The molecule has 101 heavy (non-hydrogen) atoms. The van der Waals surface area contributed by atoms with E-state index in [0.29, 0.717) is 0 Å². The van der Waals surface area contributed by atoms with E-state index in [4.69, 9.17) is 0 Å². The van der Waals surface area contributed by atoms with E-state index in [9.17, 15) is 0 Å². The minimum absolute atomic E-state index is 0.838. The zero-order valence-electron chi connectivity index (χ0n) is 77.6. The second kappa shape index (κ2) is 44.5. The molecule has 9 aliphatic heterocycles. The smallest absolute Gasteiger partial charge is 0.0892 e. The Bertz CT molecular complexity index is 2120. The van der Waals surface area contributed by atoms with Gasteiger partial charge < -0.3 is 40.3 Å². The largest absolute Gasteiger partial charge is 0.326 e. The molecule has 9 saturated heterocycles. The molecule has 9 nitrogen and oxygen atoms in total. The standard InChI is InChI=1S/C12H26N.2C11H24N.4C10H22N.2C9H20N/c1-7-8-13(6)11(4)9(2)10(3)12(13)5;1-6-7-12(5)8-9(2)10(3)11(12)4;1-6-7-12(5)10(3)8-9(2)11(12)4;1-5-8-11(4)9(2)6-7-10(11)3;1-5-7-11(4)8-6-9(2)10(11)3;1-5-6-11(4)7-9(2)10(3)8-11;1-5-6-11(4)8-9(2)7-10(11)3;1-4-7-10(3)8-5-6-9(10)2;1-4-6-10(3)7-5-9(2)8-10/h9-12H,7-8H2,1-6H3;2*9-11H,6-8H2,1-5H3;4*9-10H,5-8H2,1-4H3;2*9H,4-8H2,1-3H3/q9*+1. The third kappa shape index (κ3) is 27.9. The van der Waals surface area contributed by atoms with Gasteiger partial charge in [0.25, 0.3) is 0 Å². The van der Waals surface area contributed by atoms with E-state index in [2.05, 4.69) is 264 Å². The van der Waals surface area contributed by atoms with Crippen molar-refractivity contribution in [2.75, 3.05) is 175 Å². The van der Waals surface area contributed by atoms with Gasteiger partial charge in [-0.25, -0.2) is 0 Å². The molecule has 0 saturated carbocycles. The first kappa shape index (κ1) is 98.6. The van der Waals surface area contributed by atoms with Crippen LogP contribution in [0.2, 0.25) is 0 Å². The van der Waals surface area contributed by atoms with Crippen molar-refractivity contribution >= 4 is 0 Å². The number of quaternary nitrogens is 9. The van der Waals surface area contributed by atoms with Crippen LogP contribution in [0.3, 0.4) is 0 Å². The van der Waals surface area contributed by atoms with Crippen LogP contribution in [-0.4, -0.2) is 275 Å². The molecule has 9 heterocycles. The lowest BCUT2D eigenvalue weighted by Crippen LogP contribution is -2.53. The van der Waals surface area contributed by atoms with Crippen LogP contribution in [0.1, 0.15) is 310 Å². The third-order valence-corrected chi connectivity index (χ3v) is 32.8. The second-order valence-electron chi connectivity index (χ2n) is 41.2. The Morgan fingerprint density at radius 2 is 0.653 bits per heavy atom. The molecule has 0 radical (unpaired) electrons. The van der Waals surface area contributed by atoms with Crippen LogP contribution in [0, 0.1) is 59.2 Å². The Hall–Kier alpha value is -0.360. The molecule has 9 fully saturated rings. The first-order valence-corrected chi connectivity index (χ1v) is 45.3. The van der Waals surface area contributed by atoms with Crippen LogP contribution >= 0.6 is 0 Å². The topological polar surface area (TPSA) is 0 Å². The quantitative estimate of drug-likeness (QED) is 0.120. The zero-order chi connectivity index (χ0) is 78.1. The molecule has 0 spiro atoms. The third-order valence-electron chi connectivity index (χ3n) is 32.8. The maximum Gasteiger partial charge on any atom is 0.0892 e. The van der Waals surface area contributed by atoms with Crippen molar-refractivity contribution in [3.63, 3.8) is 0 Å². The van der Waals surface area contributed by atoms with Gasteiger partial charge in [-0.05, 0) is 127 Å². The van der Waals surface area contributed by atoms with E-state index in [0.717, 1.165) is 120 Å². The zero-order valence-corrected chi connectivity index (χ0v) is 77.6. The van der Waals surface area contributed by atoms with Gasteiger partial charge in [0.1, 0.15) is 0 Å². The molecular formula is C92H202N9+9. The average Bonchev–Trinajstić information content (AvgIpc) is 1.63. The normalized spacial score (nSPS) is 45.6. The molecule has 0 aromatic rings. The number of nitrogens with zero attached hydrogens (tertiary/aromatic N) is 9. The first-order valence-electron chi connectivity index (χ1n) is 45.3. The summed E-state index contributed by atoms with van der Waals surface area (Å²) >= 11 is 0. The van der Waals surface area contributed by atoms with Crippen molar-refractivity contribution in [3.05, 3.63) is 0 Å². The lowest BCUT2D eigenvalue weighted by Gasteiger charge is -2.39. The van der Waals surface area contributed by atoms with E-state index in [-0.39, 0.29) is 0 Å². The molecular weight excluding hydrogens is 1230 g/mol. The second-order valence-corrected chi connectivity index (χ2v) is 41.2. The highest BCUT2D eigenvalue weighted by atomic mass is 15.4. The van der Waals surface area contributed by atoms with E-state index in [1.54, 1.807) is 0 Å². The lowest BCUT2D eigenvalue weighted by molar-refractivity contribution is -0.942. The Morgan fingerprint density at radius 1 is 0.228 bits per heavy atom. The molecule has 9 heteroatoms. The predicted octanol–water partition coefficient (Wildman–Crippen LogP) is 21.1. The van der Waals surface area contributed by atoms with Crippen LogP contribution in [0.15, 0.2) is 0 Å². The Kier molecular flexibility index (Phi) is 43.4. The van der Waals surface area contributed by atoms with Gasteiger partial charge in [-0.3, -0.25) is 0 Å². The fourth-order valence-corrected chi connectivity index (χ4v) is 23.2. The summed E-state index contributed by atoms with van der Waals surface area (Å²) in [5.41, 5.74) is 0. The van der Waals surface area contributed by atoms with Gasteiger partial charge in [-0.2, -0.15) is 0 Å². The summed E-state index contributed by atoms with van der Waals surface area (Å²) in [6, 6.07) is 8.75. The molecule has 0 N–H and O–H groups in total. The molecule has 26 atom stereocenters. The van der Waals surface area contributed by atoms with Gasteiger partial charge in [-0.15, -0.1) is 0 Å². The summed E-state index contributed by atoms with van der Waals surface area (Å²) < 4.78 is 11.8. The molecule has 606 valence electrons.